The third kappa shape index (κ3) is 1.85. The van der Waals surface area contributed by atoms with Crippen LogP contribution in [0.1, 0.15) is 71.3 Å². The molecule has 4 aliphatic rings. The number of para-hydroxylation sites is 1. The Morgan fingerprint density at radius 1 is 0.960 bits per heavy atom. The lowest BCUT2D eigenvalue weighted by Crippen LogP contribution is -2.57. The molecule has 1 aliphatic heterocycles. The smallest absolute Gasteiger partial charge is 0.0594 e. The second-order valence-electron chi connectivity index (χ2n) is 10.6. The molecule has 7 atom stereocenters. The number of hydrogen-bond donors (Lipinski definition) is 2. The Hall–Kier alpha value is -1.02. The molecule has 0 aromatic heterocycles. The van der Waals surface area contributed by atoms with Crippen LogP contribution in [0.3, 0.4) is 0 Å². The summed E-state index contributed by atoms with van der Waals surface area (Å²) in [5.41, 5.74) is 3.76. The van der Waals surface area contributed by atoms with E-state index in [1.165, 1.54) is 31.4 Å². The van der Waals surface area contributed by atoms with Gasteiger partial charge < -0.3 is 10.4 Å². The van der Waals surface area contributed by atoms with Gasteiger partial charge in [-0.25, -0.2) is 0 Å². The fourth-order valence-corrected chi connectivity index (χ4v) is 8.15. The minimum Gasteiger partial charge on any atom is -0.393 e. The van der Waals surface area contributed by atoms with Crippen molar-refractivity contribution in [3.63, 3.8) is 0 Å². The van der Waals surface area contributed by atoms with Gasteiger partial charge in [-0.05, 0) is 71.8 Å². The summed E-state index contributed by atoms with van der Waals surface area (Å²) in [7, 11) is 0. The van der Waals surface area contributed by atoms with Crippen molar-refractivity contribution in [3.05, 3.63) is 29.8 Å². The zero-order valence-electron chi connectivity index (χ0n) is 16.2. The van der Waals surface area contributed by atoms with Crippen molar-refractivity contribution in [2.75, 3.05) is 5.32 Å². The lowest BCUT2D eigenvalue weighted by molar-refractivity contribution is -0.164. The summed E-state index contributed by atoms with van der Waals surface area (Å²) in [6.07, 6.45) is 5.93. The molecule has 0 unspecified atom stereocenters. The van der Waals surface area contributed by atoms with E-state index in [4.69, 9.17) is 0 Å². The molecule has 0 radical (unpaired) electrons. The van der Waals surface area contributed by atoms with Crippen LogP contribution >= 0.6 is 0 Å². The first kappa shape index (κ1) is 16.2. The van der Waals surface area contributed by atoms with Crippen LogP contribution < -0.4 is 5.32 Å². The number of hydrogen-bond acceptors (Lipinski definition) is 2. The van der Waals surface area contributed by atoms with Crippen LogP contribution in [0.5, 0.6) is 0 Å². The molecule has 0 saturated heterocycles. The van der Waals surface area contributed by atoms with Gasteiger partial charge in [-0.3, -0.25) is 0 Å². The van der Waals surface area contributed by atoms with Crippen molar-refractivity contribution in [3.8, 4) is 0 Å². The Morgan fingerprint density at radius 3 is 2.48 bits per heavy atom. The van der Waals surface area contributed by atoms with Crippen molar-refractivity contribution in [2.24, 2.45) is 28.1 Å². The van der Waals surface area contributed by atoms with Crippen molar-refractivity contribution < 1.29 is 5.11 Å². The molecule has 2 N–H and O–H groups in total. The molecule has 0 spiro atoms. The van der Waals surface area contributed by atoms with E-state index in [0.29, 0.717) is 28.7 Å². The number of benzene rings is 1. The third-order valence-corrected chi connectivity index (χ3v) is 9.31. The van der Waals surface area contributed by atoms with E-state index in [1.54, 1.807) is 5.56 Å². The topological polar surface area (TPSA) is 32.3 Å². The number of aliphatic hydroxyl groups excluding tert-OH is 1. The average Bonchev–Trinajstić information content (AvgIpc) is 3.07. The molecule has 2 nitrogen and oxygen atoms in total. The number of anilines is 1. The molecule has 0 amide bonds. The summed E-state index contributed by atoms with van der Waals surface area (Å²) >= 11 is 0. The first-order valence-corrected chi connectivity index (χ1v) is 10.3. The van der Waals surface area contributed by atoms with Crippen molar-refractivity contribution >= 4 is 5.69 Å². The molecule has 5 rings (SSSR count). The highest BCUT2D eigenvalue weighted by molar-refractivity contribution is 5.61. The standard InChI is InChI=1S/C23H33NO/c1-21(2)17-9-11-23(4)18(22(17,3)12-10-19(21)25)13-16-20(23)14-7-5-6-8-15(14)24-16/h5-8,16-20,24-25H,9-13H2,1-4H3/t16-,17-,18-,19+,20-,22-,23+/m0/s1. The molecule has 1 aromatic carbocycles. The Kier molecular flexibility index (Phi) is 3.12. The van der Waals surface area contributed by atoms with Crippen molar-refractivity contribution in [1.82, 2.24) is 0 Å². The fraction of sp³-hybridized carbons (Fsp3) is 0.739. The highest BCUT2D eigenvalue weighted by Gasteiger charge is 2.66. The Balaban J connectivity index is 1.57. The molecule has 1 aromatic rings. The first-order valence-electron chi connectivity index (χ1n) is 10.3. The number of fused-ring (bicyclic) bond motifs is 7. The zero-order valence-corrected chi connectivity index (χ0v) is 16.2. The Bertz CT molecular complexity index is 712. The highest BCUT2D eigenvalue weighted by atomic mass is 16.3. The van der Waals surface area contributed by atoms with E-state index in [1.807, 2.05) is 0 Å². The van der Waals surface area contributed by atoms with E-state index in [2.05, 4.69) is 57.3 Å². The van der Waals surface area contributed by atoms with Gasteiger partial charge >= 0.3 is 0 Å². The van der Waals surface area contributed by atoms with Crippen molar-refractivity contribution in [1.29, 1.82) is 0 Å². The second kappa shape index (κ2) is 4.82. The van der Waals surface area contributed by atoms with Crippen LogP contribution in [-0.2, 0) is 0 Å². The van der Waals surface area contributed by atoms with Crippen LogP contribution in [0.2, 0.25) is 0 Å². The van der Waals surface area contributed by atoms with E-state index >= 15 is 0 Å². The summed E-state index contributed by atoms with van der Waals surface area (Å²) in [5.74, 6) is 2.08. The minimum atomic E-state index is -0.130. The molecular weight excluding hydrogens is 306 g/mol. The summed E-state index contributed by atoms with van der Waals surface area (Å²) in [6.45, 7) is 9.81. The summed E-state index contributed by atoms with van der Waals surface area (Å²) in [5, 5.41) is 14.5. The number of nitrogens with one attached hydrogen (secondary N) is 1. The number of aliphatic hydroxyl groups is 1. The molecule has 3 saturated carbocycles. The van der Waals surface area contributed by atoms with Gasteiger partial charge in [0, 0.05) is 17.6 Å². The summed E-state index contributed by atoms with van der Waals surface area (Å²) in [4.78, 5) is 0. The molecule has 136 valence electrons. The van der Waals surface area contributed by atoms with Gasteiger partial charge in [-0.1, -0.05) is 45.9 Å². The maximum Gasteiger partial charge on any atom is 0.0594 e. The predicted molar refractivity (Wildman–Crippen MR) is 103 cm³/mol. The fourth-order valence-electron chi connectivity index (χ4n) is 8.15. The predicted octanol–water partition coefficient (Wildman–Crippen LogP) is 5.19. The van der Waals surface area contributed by atoms with Gasteiger partial charge in [-0.2, -0.15) is 0 Å². The van der Waals surface area contributed by atoms with E-state index in [-0.39, 0.29) is 11.5 Å². The zero-order chi connectivity index (χ0) is 17.6. The van der Waals surface area contributed by atoms with Gasteiger partial charge in [-0.15, -0.1) is 0 Å². The van der Waals surface area contributed by atoms with Crippen LogP contribution in [0.15, 0.2) is 24.3 Å². The van der Waals surface area contributed by atoms with E-state index < -0.39 is 0 Å². The summed E-state index contributed by atoms with van der Waals surface area (Å²) < 4.78 is 0. The van der Waals surface area contributed by atoms with Gasteiger partial charge in [0.25, 0.3) is 0 Å². The molecule has 1 heterocycles. The Morgan fingerprint density at radius 2 is 1.68 bits per heavy atom. The van der Waals surface area contributed by atoms with Crippen LogP contribution in [0.25, 0.3) is 0 Å². The first-order chi connectivity index (χ1) is 11.8. The molecule has 2 heteroatoms. The van der Waals surface area contributed by atoms with Gasteiger partial charge in [0.2, 0.25) is 0 Å². The van der Waals surface area contributed by atoms with E-state index in [9.17, 15) is 5.11 Å². The lowest BCUT2D eigenvalue weighted by Gasteiger charge is -2.62. The Labute approximate surface area is 152 Å². The molecular formula is C23H33NO. The van der Waals surface area contributed by atoms with E-state index in [0.717, 1.165) is 12.3 Å². The van der Waals surface area contributed by atoms with Crippen LogP contribution in [-0.4, -0.2) is 17.3 Å². The molecule has 25 heavy (non-hydrogen) atoms. The lowest BCUT2D eigenvalue weighted by atomic mass is 9.42. The highest BCUT2D eigenvalue weighted by Crippen LogP contribution is 2.72. The van der Waals surface area contributed by atoms with Crippen LogP contribution in [0, 0.1) is 28.1 Å². The molecule has 0 bridgehead atoms. The average molecular weight is 340 g/mol. The second-order valence-corrected chi connectivity index (χ2v) is 10.6. The minimum absolute atomic E-state index is 0.0529. The summed E-state index contributed by atoms with van der Waals surface area (Å²) in [6, 6.07) is 9.62. The number of rotatable bonds is 0. The van der Waals surface area contributed by atoms with Gasteiger partial charge in [0.1, 0.15) is 0 Å². The maximum atomic E-state index is 10.7. The van der Waals surface area contributed by atoms with Crippen LogP contribution in [0.4, 0.5) is 5.69 Å². The normalized spacial score (nSPS) is 49.6. The third-order valence-electron chi connectivity index (χ3n) is 9.31. The molecule has 3 fully saturated rings. The SMILES string of the molecule is CC1(C)[C@H](O)CC[C@]2(C)[C@@H]3C[C@@H]4Nc5ccccc5[C@@H]4[C@]3(C)CC[C@@H]12. The van der Waals surface area contributed by atoms with Gasteiger partial charge in [0.05, 0.1) is 6.10 Å². The monoisotopic (exact) mass is 339 g/mol. The van der Waals surface area contributed by atoms with Crippen molar-refractivity contribution in [2.45, 2.75) is 77.9 Å². The quantitative estimate of drug-likeness (QED) is 0.682. The largest absolute Gasteiger partial charge is 0.393 e. The molecule has 3 aliphatic carbocycles. The maximum absolute atomic E-state index is 10.7. The van der Waals surface area contributed by atoms with Gasteiger partial charge in [0.15, 0.2) is 0 Å².